The smallest absolute Gasteiger partial charge is 0.336 e. The number of aryl methyl sites for hydroxylation is 1. The molecule has 0 saturated heterocycles. The average molecular weight is 197 g/mol. The Morgan fingerprint density at radius 3 is 2.57 bits per heavy atom. The SMILES string of the molecule is CC.CCNC(=O)n1cc(CC)cn1. The van der Waals surface area contributed by atoms with Crippen molar-refractivity contribution < 1.29 is 4.79 Å². The van der Waals surface area contributed by atoms with Gasteiger partial charge in [-0.2, -0.15) is 9.78 Å². The molecule has 14 heavy (non-hydrogen) atoms. The standard InChI is InChI=1S/C8H13N3O.C2H6/c1-3-7-5-10-11(6-7)8(12)9-4-2;1-2/h5-6H,3-4H2,1-2H3,(H,9,12);1-2H3. The van der Waals surface area contributed by atoms with Gasteiger partial charge in [-0.15, -0.1) is 0 Å². The number of nitrogens with one attached hydrogen (secondary N) is 1. The fourth-order valence-electron chi connectivity index (χ4n) is 0.886. The molecule has 0 aliphatic carbocycles. The van der Waals surface area contributed by atoms with Crippen molar-refractivity contribution in [3.63, 3.8) is 0 Å². The predicted octanol–water partition coefficient (Wildman–Crippen LogP) is 2.05. The van der Waals surface area contributed by atoms with Crippen LogP contribution in [0.1, 0.15) is 33.3 Å². The van der Waals surface area contributed by atoms with E-state index in [4.69, 9.17) is 0 Å². The molecule has 0 atom stereocenters. The molecule has 1 amide bonds. The predicted molar refractivity (Wildman–Crippen MR) is 57.4 cm³/mol. The zero-order chi connectivity index (χ0) is 11.0. The van der Waals surface area contributed by atoms with E-state index in [2.05, 4.69) is 10.4 Å². The van der Waals surface area contributed by atoms with Crippen LogP contribution >= 0.6 is 0 Å². The Labute approximate surface area is 85.3 Å². The van der Waals surface area contributed by atoms with Crippen LogP contribution in [0.25, 0.3) is 0 Å². The second-order valence-corrected chi connectivity index (χ2v) is 2.48. The average Bonchev–Trinajstić information content (AvgIpc) is 2.69. The largest absolute Gasteiger partial charge is 0.342 e. The van der Waals surface area contributed by atoms with Crippen LogP contribution in [0.4, 0.5) is 4.79 Å². The Hall–Kier alpha value is -1.32. The van der Waals surface area contributed by atoms with Crippen LogP contribution in [-0.4, -0.2) is 22.4 Å². The fraction of sp³-hybridized carbons (Fsp3) is 0.600. The minimum atomic E-state index is -0.169. The van der Waals surface area contributed by atoms with Crippen LogP contribution in [0.5, 0.6) is 0 Å². The molecule has 0 saturated carbocycles. The summed E-state index contributed by atoms with van der Waals surface area (Å²) in [6, 6.07) is -0.169. The minimum Gasteiger partial charge on any atom is -0.336 e. The molecule has 0 aromatic carbocycles. The van der Waals surface area contributed by atoms with Crippen molar-refractivity contribution in [1.29, 1.82) is 0 Å². The first-order valence-corrected chi connectivity index (χ1v) is 5.09. The van der Waals surface area contributed by atoms with Gasteiger partial charge in [0.1, 0.15) is 0 Å². The molecule has 1 aromatic heterocycles. The zero-order valence-electron chi connectivity index (χ0n) is 9.37. The molecule has 0 spiro atoms. The van der Waals surface area contributed by atoms with Crippen molar-refractivity contribution in [2.75, 3.05) is 6.54 Å². The van der Waals surface area contributed by atoms with E-state index < -0.39 is 0 Å². The van der Waals surface area contributed by atoms with Crippen LogP contribution in [0.2, 0.25) is 0 Å². The van der Waals surface area contributed by atoms with Gasteiger partial charge in [-0.1, -0.05) is 20.8 Å². The number of rotatable bonds is 2. The van der Waals surface area contributed by atoms with Gasteiger partial charge in [-0.3, -0.25) is 0 Å². The van der Waals surface area contributed by atoms with E-state index in [0.717, 1.165) is 12.0 Å². The lowest BCUT2D eigenvalue weighted by Gasteiger charge is -1.99. The lowest BCUT2D eigenvalue weighted by Crippen LogP contribution is -2.28. The number of amides is 1. The zero-order valence-corrected chi connectivity index (χ0v) is 9.37. The van der Waals surface area contributed by atoms with Crippen LogP contribution in [0, 0.1) is 0 Å². The monoisotopic (exact) mass is 197 g/mol. The van der Waals surface area contributed by atoms with Gasteiger partial charge in [0.2, 0.25) is 0 Å². The third-order valence-corrected chi connectivity index (χ3v) is 1.58. The Bertz CT molecular complexity index is 268. The molecule has 0 unspecified atom stereocenters. The molecular formula is C10H19N3O. The number of carbonyl (C=O) groups excluding carboxylic acids is 1. The lowest BCUT2D eigenvalue weighted by molar-refractivity contribution is 0.240. The summed E-state index contributed by atoms with van der Waals surface area (Å²) in [5.74, 6) is 0. The van der Waals surface area contributed by atoms with E-state index in [0.29, 0.717) is 6.54 Å². The maximum Gasteiger partial charge on any atom is 0.342 e. The summed E-state index contributed by atoms with van der Waals surface area (Å²) >= 11 is 0. The molecule has 0 aliphatic rings. The van der Waals surface area contributed by atoms with E-state index in [1.54, 1.807) is 12.4 Å². The number of aromatic nitrogens is 2. The number of carbonyl (C=O) groups is 1. The van der Waals surface area contributed by atoms with Crippen molar-refractivity contribution >= 4 is 6.03 Å². The molecular weight excluding hydrogens is 178 g/mol. The molecule has 1 N–H and O–H groups in total. The Balaban J connectivity index is 0.000000791. The number of hydrogen-bond donors (Lipinski definition) is 1. The molecule has 1 heterocycles. The highest BCUT2D eigenvalue weighted by Crippen LogP contribution is 1.96. The van der Waals surface area contributed by atoms with Crippen LogP contribution in [0.3, 0.4) is 0 Å². The summed E-state index contributed by atoms with van der Waals surface area (Å²) in [5, 5.41) is 6.57. The maximum atomic E-state index is 11.2. The second kappa shape index (κ2) is 7.12. The Morgan fingerprint density at radius 1 is 1.50 bits per heavy atom. The summed E-state index contributed by atoms with van der Waals surface area (Å²) in [6.45, 7) is 8.53. The van der Waals surface area contributed by atoms with E-state index >= 15 is 0 Å². The van der Waals surface area contributed by atoms with Gasteiger partial charge in [-0.25, -0.2) is 4.79 Å². The number of nitrogens with zero attached hydrogens (tertiary/aromatic N) is 2. The normalized spacial score (nSPS) is 8.86. The molecule has 0 fully saturated rings. The van der Waals surface area contributed by atoms with E-state index in [-0.39, 0.29) is 6.03 Å². The maximum absolute atomic E-state index is 11.2. The van der Waals surface area contributed by atoms with Gasteiger partial charge in [0.05, 0.1) is 6.20 Å². The molecule has 1 rings (SSSR count). The Kier molecular flexibility index (Phi) is 6.45. The van der Waals surface area contributed by atoms with E-state index in [9.17, 15) is 4.79 Å². The van der Waals surface area contributed by atoms with Gasteiger partial charge < -0.3 is 5.32 Å². The summed E-state index contributed by atoms with van der Waals surface area (Å²) in [6.07, 6.45) is 4.35. The first kappa shape index (κ1) is 12.7. The summed E-state index contributed by atoms with van der Waals surface area (Å²) in [4.78, 5) is 11.2. The summed E-state index contributed by atoms with van der Waals surface area (Å²) in [7, 11) is 0. The highest BCUT2D eigenvalue weighted by molar-refractivity contribution is 5.75. The van der Waals surface area contributed by atoms with Gasteiger partial charge >= 0.3 is 6.03 Å². The van der Waals surface area contributed by atoms with Gasteiger partial charge in [0.25, 0.3) is 0 Å². The molecule has 80 valence electrons. The van der Waals surface area contributed by atoms with Gasteiger partial charge in [0.15, 0.2) is 0 Å². The molecule has 0 bridgehead atoms. The minimum absolute atomic E-state index is 0.169. The van der Waals surface area contributed by atoms with Crippen molar-refractivity contribution in [2.24, 2.45) is 0 Å². The first-order chi connectivity index (χ1) is 6.77. The van der Waals surface area contributed by atoms with E-state index in [1.807, 2.05) is 27.7 Å². The van der Waals surface area contributed by atoms with Gasteiger partial charge in [-0.05, 0) is 18.9 Å². The van der Waals surface area contributed by atoms with Crippen LogP contribution in [0.15, 0.2) is 12.4 Å². The third-order valence-electron chi connectivity index (χ3n) is 1.58. The van der Waals surface area contributed by atoms with Crippen molar-refractivity contribution in [3.8, 4) is 0 Å². The molecule has 1 aromatic rings. The molecule has 4 heteroatoms. The van der Waals surface area contributed by atoms with Crippen molar-refractivity contribution in [3.05, 3.63) is 18.0 Å². The Morgan fingerprint density at radius 2 is 2.14 bits per heavy atom. The molecule has 0 radical (unpaired) electrons. The quantitative estimate of drug-likeness (QED) is 0.788. The highest BCUT2D eigenvalue weighted by Gasteiger charge is 2.03. The first-order valence-electron chi connectivity index (χ1n) is 5.09. The second-order valence-electron chi connectivity index (χ2n) is 2.48. The third kappa shape index (κ3) is 3.60. The highest BCUT2D eigenvalue weighted by atomic mass is 16.2. The molecule has 4 nitrogen and oxygen atoms in total. The van der Waals surface area contributed by atoms with Crippen LogP contribution < -0.4 is 5.32 Å². The molecule has 0 aliphatic heterocycles. The summed E-state index contributed by atoms with van der Waals surface area (Å²) < 4.78 is 1.32. The van der Waals surface area contributed by atoms with Crippen LogP contribution in [-0.2, 0) is 6.42 Å². The van der Waals surface area contributed by atoms with E-state index in [1.165, 1.54) is 4.68 Å². The topological polar surface area (TPSA) is 46.9 Å². The lowest BCUT2D eigenvalue weighted by atomic mass is 10.3. The van der Waals surface area contributed by atoms with Gasteiger partial charge in [0, 0.05) is 12.7 Å². The fourth-order valence-corrected chi connectivity index (χ4v) is 0.886. The van der Waals surface area contributed by atoms with Crippen molar-refractivity contribution in [1.82, 2.24) is 15.1 Å². The summed E-state index contributed by atoms with van der Waals surface area (Å²) in [5.41, 5.74) is 1.07. The van der Waals surface area contributed by atoms with Crippen molar-refractivity contribution in [2.45, 2.75) is 34.1 Å². The number of hydrogen-bond acceptors (Lipinski definition) is 2.